The van der Waals surface area contributed by atoms with E-state index >= 15 is 0 Å². The molecule has 0 saturated carbocycles. The highest BCUT2D eigenvalue weighted by molar-refractivity contribution is 5.82. The van der Waals surface area contributed by atoms with Crippen LogP contribution in [0.3, 0.4) is 0 Å². The van der Waals surface area contributed by atoms with Gasteiger partial charge in [-0.2, -0.15) is 0 Å². The molecule has 2 N–H and O–H groups in total. The Morgan fingerprint density at radius 1 is 1.13 bits per heavy atom. The van der Waals surface area contributed by atoms with Crippen molar-refractivity contribution in [2.24, 2.45) is 0 Å². The molecule has 6 heteroatoms. The fourth-order valence-electron chi connectivity index (χ4n) is 1.95. The van der Waals surface area contributed by atoms with E-state index in [4.69, 9.17) is 4.74 Å². The summed E-state index contributed by atoms with van der Waals surface area (Å²) >= 11 is 0. The predicted octanol–water partition coefficient (Wildman–Crippen LogP) is 2.19. The Morgan fingerprint density at radius 2 is 1.83 bits per heavy atom. The molecule has 0 unspecified atom stereocenters. The molecule has 0 spiro atoms. The van der Waals surface area contributed by atoms with Gasteiger partial charge < -0.3 is 15.4 Å². The summed E-state index contributed by atoms with van der Waals surface area (Å²) in [7, 11) is 0. The Kier molecular flexibility index (Phi) is 6.11. The number of hydrogen-bond acceptors (Lipinski definition) is 4. The first-order valence-corrected chi connectivity index (χ1v) is 7.29. The second kappa shape index (κ2) is 8.53. The highest BCUT2D eigenvalue weighted by Crippen LogP contribution is 2.09. The molecule has 0 radical (unpaired) electrons. The summed E-state index contributed by atoms with van der Waals surface area (Å²) in [4.78, 5) is 27.3. The van der Waals surface area contributed by atoms with Gasteiger partial charge in [0, 0.05) is 12.4 Å². The smallest absolute Gasteiger partial charge is 0.407 e. The van der Waals surface area contributed by atoms with E-state index < -0.39 is 6.09 Å². The van der Waals surface area contributed by atoms with Gasteiger partial charge in [-0.1, -0.05) is 30.3 Å². The molecule has 0 aliphatic rings. The number of rotatable bonds is 6. The van der Waals surface area contributed by atoms with Gasteiger partial charge in [0.05, 0.1) is 6.04 Å². The van der Waals surface area contributed by atoms with Crippen LogP contribution in [0.4, 0.5) is 4.79 Å². The number of alkyl carbamates (subject to hydrolysis) is 1. The van der Waals surface area contributed by atoms with Crippen LogP contribution in [0, 0.1) is 0 Å². The van der Waals surface area contributed by atoms with Crippen LogP contribution in [0.1, 0.15) is 24.1 Å². The Morgan fingerprint density at radius 3 is 2.52 bits per heavy atom. The van der Waals surface area contributed by atoms with Crippen molar-refractivity contribution in [3.05, 3.63) is 66.0 Å². The Hall–Kier alpha value is -2.89. The second-order valence-corrected chi connectivity index (χ2v) is 4.99. The van der Waals surface area contributed by atoms with E-state index in [0.29, 0.717) is 0 Å². The number of pyridine rings is 1. The number of aromatic nitrogens is 1. The van der Waals surface area contributed by atoms with Crippen LogP contribution < -0.4 is 10.6 Å². The number of nitrogens with zero attached hydrogens (tertiary/aromatic N) is 1. The normalized spacial score (nSPS) is 11.3. The van der Waals surface area contributed by atoms with Crippen molar-refractivity contribution in [2.45, 2.75) is 19.6 Å². The highest BCUT2D eigenvalue weighted by atomic mass is 16.5. The molecule has 0 fully saturated rings. The van der Waals surface area contributed by atoms with Gasteiger partial charge in [0.2, 0.25) is 5.91 Å². The number of nitrogens with one attached hydrogen (secondary N) is 2. The third-order valence-corrected chi connectivity index (χ3v) is 3.19. The fraction of sp³-hybridized carbons (Fsp3) is 0.235. The molecule has 120 valence electrons. The topological polar surface area (TPSA) is 80.3 Å². The molecule has 0 bridgehead atoms. The maximum Gasteiger partial charge on any atom is 0.407 e. The molecule has 2 aromatic rings. The molecule has 2 rings (SSSR count). The van der Waals surface area contributed by atoms with Gasteiger partial charge in [0.25, 0.3) is 0 Å². The lowest BCUT2D eigenvalue weighted by atomic mass is 10.1. The Balaban J connectivity index is 1.68. The van der Waals surface area contributed by atoms with Crippen LogP contribution in [0.15, 0.2) is 54.9 Å². The Labute approximate surface area is 134 Å². The molecule has 1 aromatic heterocycles. The maximum absolute atomic E-state index is 11.8. The minimum absolute atomic E-state index is 0.136. The van der Waals surface area contributed by atoms with Crippen molar-refractivity contribution in [3.63, 3.8) is 0 Å². The summed E-state index contributed by atoms with van der Waals surface area (Å²) in [6, 6.07) is 12.8. The minimum Gasteiger partial charge on any atom is -0.445 e. The zero-order valence-electron chi connectivity index (χ0n) is 12.9. The van der Waals surface area contributed by atoms with Crippen molar-refractivity contribution in [1.29, 1.82) is 0 Å². The van der Waals surface area contributed by atoms with Gasteiger partial charge in [-0.3, -0.25) is 9.78 Å². The van der Waals surface area contributed by atoms with E-state index in [9.17, 15) is 9.59 Å². The summed E-state index contributed by atoms with van der Waals surface area (Å²) in [5.41, 5.74) is 1.83. The fourth-order valence-corrected chi connectivity index (χ4v) is 1.95. The molecule has 1 heterocycles. The first-order chi connectivity index (χ1) is 11.1. The van der Waals surface area contributed by atoms with Gasteiger partial charge in [-0.15, -0.1) is 0 Å². The first kappa shape index (κ1) is 16.5. The largest absolute Gasteiger partial charge is 0.445 e. The van der Waals surface area contributed by atoms with E-state index in [1.54, 1.807) is 12.4 Å². The molecule has 1 atom stereocenters. The van der Waals surface area contributed by atoms with Crippen LogP contribution in [-0.2, 0) is 16.1 Å². The lowest BCUT2D eigenvalue weighted by Crippen LogP contribution is -2.38. The van der Waals surface area contributed by atoms with E-state index in [1.807, 2.05) is 49.4 Å². The zero-order chi connectivity index (χ0) is 16.5. The minimum atomic E-state index is -0.624. The molecule has 23 heavy (non-hydrogen) atoms. The molecule has 0 aliphatic heterocycles. The third kappa shape index (κ3) is 5.78. The lowest BCUT2D eigenvalue weighted by molar-refractivity contribution is -0.120. The molecule has 0 aliphatic carbocycles. The first-order valence-electron chi connectivity index (χ1n) is 7.29. The summed E-state index contributed by atoms with van der Waals surface area (Å²) < 4.78 is 5.03. The number of carbonyl (C=O) groups is 2. The standard InChI is InChI=1S/C17H19N3O3/c1-13(15-7-9-18-10-8-15)20-16(21)11-19-17(22)23-12-14-5-3-2-4-6-14/h2-10,13H,11-12H2,1H3,(H,19,22)(H,20,21)/t13-/m1/s1. The summed E-state index contributed by atoms with van der Waals surface area (Å²) in [6.07, 6.45) is 2.70. The van der Waals surface area contributed by atoms with Gasteiger partial charge in [-0.25, -0.2) is 4.79 Å². The highest BCUT2D eigenvalue weighted by Gasteiger charge is 2.11. The van der Waals surface area contributed by atoms with Gasteiger partial charge >= 0.3 is 6.09 Å². The summed E-state index contributed by atoms with van der Waals surface area (Å²) in [5.74, 6) is -0.286. The van der Waals surface area contributed by atoms with Crippen LogP contribution in [0.5, 0.6) is 0 Å². The number of carbonyl (C=O) groups excluding carboxylic acids is 2. The van der Waals surface area contributed by atoms with Crippen LogP contribution in [0.25, 0.3) is 0 Å². The Bertz CT molecular complexity index is 632. The van der Waals surface area contributed by atoms with E-state index in [-0.39, 0.29) is 25.1 Å². The summed E-state index contributed by atoms with van der Waals surface area (Å²) in [5, 5.41) is 5.21. The number of amides is 2. The quantitative estimate of drug-likeness (QED) is 0.856. The van der Waals surface area contributed by atoms with Crippen molar-refractivity contribution >= 4 is 12.0 Å². The van der Waals surface area contributed by atoms with Gasteiger partial charge in [0.15, 0.2) is 0 Å². The molecular weight excluding hydrogens is 294 g/mol. The van der Waals surface area contributed by atoms with E-state index in [2.05, 4.69) is 15.6 Å². The molecule has 2 amide bonds. The van der Waals surface area contributed by atoms with Crippen molar-refractivity contribution in [1.82, 2.24) is 15.6 Å². The van der Waals surface area contributed by atoms with Crippen molar-refractivity contribution in [3.8, 4) is 0 Å². The SMILES string of the molecule is C[C@@H](NC(=O)CNC(=O)OCc1ccccc1)c1ccncc1. The molecule has 6 nitrogen and oxygen atoms in total. The zero-order valence-corrected chi connectivity index (χ0v) is 12.9. The lowest BCUT2D eigenvalue weighted by Gasteiger charge is -2.14. The van der Waals surface area contributed by atoms with Crippen LogP contribution in [0.2, 0.25) is 0 Å². The average Bonchev–Trinajstić information content (AvgIpc) is 2.60. The van der Waals surface area contributed by atoms with Crippen molar-refractivity contribution in [2.75, 3.05) is 6.54 Å². The summed E-state index contributed by atoms with van der Waals surface area (Å²) in [6.45, 7) is 1.89. The second-order valence-electron chi connectivity index (χ2n) is 4.99. The van der Waals surface area contributed by atoms with E-state index in [1.165, 1.54) is 0 Å². The van der Waals surface area contributed by atoms with Gasteiger partial charge in [-0.05, 0) is 30.2 Å². The van der Waals surface area contributed by atoms with Crippen LogP contribution >= 0.6 is 0 Å². The molecule has 0 saturated heterocycles. The third-order valence-electron chi connectivity index (χ3n) is 3.19. The average molecular weight is 313 g/mol. The predicted molar refractivity (Wildman–Crippen MR) is 85.4 cm³/mol. The van der Waals surface area contributed by atoms with Gasteiger partial charge in [0.1, 0.15) is 13.2 Å². The number of benzene rings is 1. The van der Waals surface area contributed by atoms with E-state index in [0.717, 1.165) is 11.1 Å². The van der Waals surface area contributed by atoms with Crippen molar-refractivity contribution < 1.29 is 14.3 Å². The maximum atomic E-state index is 11.8. The van der Waals surface area contributed by atoms with Crippen LogP contribution in [-0.4, -0.2) is 23.5 Å². The monoisotopic (exact) mass is 313 g/mol. The number of ether oxygens (including phenoxy) is 1. The molecule has 1 aromatic carbocycles. The number of hydrogen-bond donors (Lipinski definition) is 2. The molecular formula is C17H19N3O3.